The fourth-order valence-corrected chi connectivity index (χ4v) is 3.97. The molecule has 0 radical (unpaired) electrons. The molecule has 6 heteroatoms. The molecule has 0 bridgehead atoms. The fourth-order valence-electron chi connectivity index (χ4n) is 3.30. The summed E-state index contributed by atoms with van der Waals surface area (Å²) < 4.78 is 0.886. The Labute approximate surface area is 132 Å². The molecule has 1 aromatic carbocycles. The number of aliphatic hydroxyl groups is 1. The minimum Gasteiger partial charge on any atom is -0.388 e. The van der Waals surface area contributed by atoms with E-state index in [2.05, 4.69) is 21.2 Å². The van der Waals surface area contributed by atoms with Gasteiger partial charge in [0.1, 0.15) is 6.04 Å². The molecule has 1 aliphatic heterocycles. The molecular weight excluding hydrogens is 334 g/mol. The Hall–Kier alpha value is -1.11. The number of rotatable bonds is 3. The fraction of sp³-hybridized carbons (Fsp3) is 0.533. The summed E-state index contributed by atoms with van der Waals surface area (Å²) in [5.74, 6) is -0.175. The minimum atomic E-state index is -0.604. The zero-order chi connectivity index (χ0) is 15.2. The van der Waals surface area contributed by atoms with E-state index in [1.807, 2.05) is 24.1 Å². The van der Waals surface area contributed by atoms with Crippen LogP contribution in [0, 0.1) is 0 Å². The third kappa shape index (κ3) is 2.67. The molecule has 114 valence electrons. The van der Waals surface area contributed by atoms with Crippen molar-refractivity contribution in [3.05, 3.63) is 22.2 Å². The molecular formula is C15H20BrN3O2. The lowest BCUT2D eigenvalue weighted by Crippen LogP contribution is -2.39. The molecule has 1 unspecified atom stereocenters. The number of likely N-dealkylation sites (N-methyl/N-ethyl adjacent to an activating group) is 1. The second kappa shape index (κ2) is 5.26. The SMILES string of the molecule is CN(CC1(O)CCCC1)c1cc2c(cc1Br)C(N)C(=O)N2. The van der Waals surface area contributed by atoms with Gasteiger partial charge in [-0.3, -0.25) is 4.79 Å². The van der Waals surface area contributed by atoms with Crippen LogP contribution in [0.25, 0.3) is 0 Å². The highest BCUT2D eigenvalue weighted by Gasteiger charge is 2.34. The van der Waals surface area contributed by atoms with Gasteiger partial charge in [-0.2, -0.15) is 0 Å². The van der Waals surface area contributed by atoms with Crippen LogP contribution in [0.5, 0.6) is 0 Å². The van der Waals surface area contributed by atoms with Crippen molar-refractivity contribution in [1.29, 1.82) is 0 Å². The summed E-state index contributed by atoms with van der Waals surface area (Å²) in [6.45, 7) is 0.588. The van der Waals surface area contributed by atoms with Crippen molar-refractivity contribution in [3.63, 3.8) is 0 Å². The maximum atomic E-state index is 11.6. The average Bonchev–Trinajstić information content (AvgIpc) is 2.95. The molecule has 1 saturated carbocycles. The van der Waals surface area contributed by atoms with Crippen molar-refractivity contribution in [2.24, 2.45) is 5.73 Å². The van der Waals surface area contributed by atoms with Crippen molar-refractivity contribution >= 4 is 33.2 Å². The summed E-state index contributed by atoms with van der Waals surface area (Å²) >= 11 is 3.55. The summed E-state index contributed by atoms with van der Waals surface area (Å²) in [5.41, 5.74) is 7.76. The highest BCUT2D eigenvalue weighted by Crippen LogP contribution is 2.39. The van der Waals surface area contributed by atoms with Crippen LogP contribution in [-0.2, 0) is 4.79 Å². The lowest BCUT2D eigenvalue weighted by molar-refractivity contribution is -0.116. The van der Waals surface area contributed by atoms with E-state index in [1.54, 1.807) is 0 Å². The van der Waals surface area contributed by atoms with E-state index in [-0.39, 0.29) is 5.91 Å². The standard InChI is InChI=1S/C15H20BrN3O2/c1-19(8-15(21)4-2-3-5-15)12-7-11-9(6-10(12)16)13(17)14(20)18-11/h6-7,13,21H,2-5,8,17H2,1H3,(H,18,20). The molecule has 1 aliphatic carbocycles. The molecule has 0 spiro atoms. The first-order valence-electron chi connectivity index (χ1n) is 7.23. The van der Waals surface area contributed by atoms with Gasteiger partial charge in [-0.05, 0) is 40.9 Å². The largest absolute Gasteiger partial charge is 0.388 e. The zero-order valence-electron chi connectivity index (χ0n) is 12.0. The lowest BCUT2D eigenvalue weighted by Gasteiger charge is -2.31. The molecule has 21 heavy (non-hydrogen) atoms. The molecule has 0 aromatic heterocycles. The molecule has 5 nitrogen and oxygen atoms in total. The van der Waals surface area contributed by atoms with Crippen molar-refractivity contribution in [2.45, 2.75) is 37.3 Å². The van der Waals surface area contributed by atoms with Crippen LogP contribution in [0.3, 0.4) is 0 Å². The third-order valence-corrected chi connectivity index (χ3v) is 5.11. The van der Waals surface area contributed by atoms with E-state index in [1.165, 1.54) is 0 Å². The quantitative estimate of drug-likeness (QED) is 0.777. The Morgan fingerprint density at radius 3 is 2.81 bits per heavy atom. The molecule has 1 heterocycles. The molecule has 2 aliphatic rings. The number of carbonyl (C=O) groups excluding carboxylic acids is 1. The Morgan fingerprint density at radius 1 is 1.48 bits per heavy atom. The highest BCUT2D eigenvalue weighted by atomic mass is 79.9. The predicted molar refractivity (Wildman–Crippen MR) is 86.4 cm³/mol. The van der Waals surface area contributed by atoms with Crippen molar-refractivity contribution < 1.29 is 9.90 Å². The maximum Gasteiger partial charge on any atom is 0.245 e. The van der Waals surface area contributed by atoms with Crippen LogP contribution >= 0.6 is 15.9 Å². The van der Waals surface area contributed by atoms with Gasteiger partial charge in [0, 0.05) is 29.3 Å². The van der Waals surface area contributed by atoms with E-state index in [0.29, 0.717) is 6.54 Å². The number of halogens is 1. The van der Waals surface area contributed by atoms with Gasteiger partial charge in [-0.15, -0.1) is 0 Å². The van der Waals surface area contributed by atoms with Crippen LogP contribution in [0.4, 0.5) is 11.4 Å². The topological polar surface area (TPSA) is 78.6 Å². The van der Waals surface area contributed by atoms with E-state index in [4.69, 9.17) is 5.73 Å². The lowest BCUT2D eigenvalue weighted by atomic mass is 10.0. The van der Waals surface area contributed by atoms with Crippen LogP contribution in [0.15, 0.2) is 16.6 Å². The number of amides is 1. The predicted octanol–water partition coefficient (Wildman–Crippen LogP) is 2.14. The summed E-state index contributed by atoms with van der Waals surface area (Å²) in [7, 11) is 1.96. The van der Waals surface area contributed by atoms with E-state index < -0.39 is 11.6 Å². The summed E-state index contributed by atoms with van der Waals surface area (Å²) in [4.78, 5) is 13.7. The molecule has 1 aromatic rings. The molecule has 1 atom stereocenters. The Bertz CT molecular complexity index is 585. The second-order valence-electron chi connectivity index (χ2n) is 6.15. The zero-order valence-corrected chi connectivity index (χ0v) is 13.6. The van der Waals surface area contributed by atoms with Gasteiger partial charge >= 0.3 is 0 Å². The Kier molecular flexibility index (Phi) is 3.71. The van der Waals surface area contributed by atoms with Gasteiger partial charge in [0.25, 0.3) is 0 Å². The first kappa shape index (κ1) is 14.8. The normalized spacial score (nSPS) is 23.0. The number of nitrogens with zero attached hydrogens (tertiary/aromatic N) is 1. The van der Waals surface area contributed by atoms with E-state index >= 15 is 0 Å². The van der Waals surface area contributed by atoms with E-state index in [0.717, 1.165) is 47.1 Å². The molecule has 1 amide bonds. The summed E-state index contributed by atoms with van der Waals surface area (Å²) in [6, 6.07) is 3.21. The number of nitrogens with two attached hydrogens (primary N) is 1. The van der Waals surface area contributed by atoms with Crippen molar-refractivity contribution in [2.75, 3.05) is 23.8 Å². The monoisotopic (exact) mass is 353 g/mol. The van der Waals surface area contributed by atoms with Crippen LogP contribution in [0.1, 0.15) is 37.3 Å². The van der Waals surface area contributed by atoms with Gasteiger partial charge in [-0.1, -0.05) is 12.8 Å². The number of hydrogen-bond donors (Lipinski definition) is 3. The number of hydrogen-bond acceptors (Lipinski definition) is 4. The number of benzene rings is 1. The minimum absolute atomic E-state index is 0.175. The second-order valence-corrected chi connectivity index (χ2v) is 7.00. The molecule has 3 rings (SSSR count). The van der Waals surface area contributed by atoms with Gasteiger partial charge < -0.3 is 21.1 Å². The number of nitrogens with one attached hydrogen (secondary N) is 1. The first-order valence-corrected chi connectivity index (χ1v) is 8.02. The smallest absolute Gasteiger partial charge is 0.245 e. The summed E-state index contributed by atoms with van der Waals surface area (Å²) in [5, 5.41) is 13.3. The Morgan fingerprint density at radius 2 is 2.14 bits per heavy atom. The molecule has 4 N–H and O–H groups in total. The van der Waals surface area contributed by atoms with Crippen molar-refractivity contribution in [1.82, 2.24) is 0 Å². The number of fused-ring (bicyclic) bond motifs is 1. The van der Waals surface area contributed by atoms with E-state index in [9.17, 15) is 9.90 Å². The number of anilines is 2. The van der Waals surface area contributed by atoms with Gasteiger partial charge in [-0.25, -0.2) is 0 Å². The Balaban J connectivity index is 1.86. The van der Waals surface area contributed by atoms with Crippen molar-refractivity contribution in [3.8, 4) is 0 Å². The number of carbonyl (C=O) groups is 1. The first-order chi connectivity index (χ1) is 9.89. The van der Waals surface area contributed by atoms with Gasteiger partial charge in [0.2, 0.25) is 5.91 Å². The maximum absolute atomic E-state index is 11.6. The van der Waals surface area contributed by atoms with Crippen LogP contribution < -0.4 is 16.0 Å². The van der Waals surface area contributed by atoms with Gasteiger partial charge in [0.05, 0.1) is 11.3 Å². The summed E-state index contributed by atoms with van der Waals surface area (Å²) in [6.07, 6.45) is 3.87. The average molecular weight is 354 g/mol. The molecule has 0 saturated heterocycles. The third-order valence-electron chi connectivity index (χ3n) is 4.47. The van der Waals surface area contributed by atoms with Gasteiger partial charge in [0.15, 0.2) is 0 Å². The molecule has 1 fully saturated rings. The highest BCUT2D eigenvalue weighted by molar-refractivity contribution is 9.10. The van der Waals surface area contributed by atoms with Crippen LogP contribution in [0.2, 0.25) is 0 Å². The van der Waals surface area contributed by atoms with Crippen LogP contribution in [-0.4, -0.2) is 30.2 Å².